The lowest BCUT2D eigenvalue weighted by molar-refractivity contribution is -0.133. The minimum Gasteiger partial charge on any atom is -0.489 e. The van der Waals surface area contributed by atoms with Crippen LogP contribution in [0.3, 0.4) is 0 Å². The number of hydrogen-bond acceptors (Lipinski definition) is 5. The number of likely N-dealkylation sites (N-methyl/N-ethyl adjacent to an activating group) is 1. The summed E-state index contributed by atoms with van der Waals surface area (Å²) in [5.74, 6) is 1.12. The van der Waals surface area contributed by atoms with Crippen molar-refractivity contribution < 1.29 is 19.4 Å². The van der Waals surface area contributed by atoms with Gasteiger partial charge in [-0.25, -0.2) is 0 Å². The van der Waals surface area contributed by atoms with E-state index in [1.165, 1.54) is 0 Å². The van der Waals surface area contributed by atoms with Crippen LogP contribution in [0.5, 0.6) is 5.75 Å². The van der Waals surface area contributed by atoms with Gasteiger partial charge < -0.3 is 20.5 Å². The SMILES string of the molecule is CC(C)CCN(C)[C@H](CC(C)C)C(=O)N[C@@H](Cc1ccc(OCc2ccccc2)cc1)C(=O)NC(C)(C)CO. The quantitative estimate of drug-likeness (QED) is 0.291. The van der Waals surface area contributed by atoms with Crippen molar-refractivity contribution in [2.24, 2.45) is 11.8 Å². The predicted octanol–water partition coefficient (Wildman–Crippen LogP) is 4.57. The van der Waals surface area contributed by atoms with Crippen molar-refractivity contribution in [1.82, 2.24) is 15.5 Å². The minimum absolute atomic E-state index is 0.153. The maximum atomic E-state index is 13.6. The van der Waals surface area contributed by atoms with Crippen LogP contribution in [-0.4, -0.2) is 59.6 Å². The van der Waals surface area contributed by atoms with Crippen LogP contribution in [0.15, 0.2) is 54.6 Å². The molecule has 2 aromatic rings. The summed E-state index contributed by atoms with van der Waals surface area (Å²) in [6, 6.07) is 16.4. The largest absolute Gasteiger partial charge is 0.489 e. The van der Waals surface area contributed by atoms with Crippen LogP contribution in [-0.2, 0) is 22.6 Å². The highest BCUT2D eigenvalue weighted by molar-refractivity contribution is 5.90. The van der Waals surface area contributed by atoms with Gasteiger partial charge >= 0.3 is 0 Å². The highest BCUT2D eigenvalue weighted by atomic mass is 16.5. The van der Waals surface area contributed by atoms with Crippen molar-refractivity contribution in [2.45, 2.75) is 85.0 Å². The van der Waals surface area contributed by atoms with E-state index in [2.05, 4.69) is 43.2 Å². The van der Waals surface area contributed by atoms with E-state index in [0.717, 1.165) is 29.8 Å². The van der Waals surface area contributed by atoms with E-state index in [1.807, 2.05) is 61.6 Å². The molecule has 0 bridgehead atoms. The molecule has 0 saturated carbocycles. The van der Waals surface area contributed by atoms with Crippen molar-refractivity contribution in [2.75, 3.05) is 20.2 Å². The van der Waals surface area contributed by atoms with Crippen molar-refractivity contribution in [3.05, 3.63) is 65.7 Å². The van der Waals surface area contributed by atoms with Gasteiger partial charge in [-0.15, -0.1) is 0 Å². The second-order valence-electron chi connectivity index (χ2n) is 12.0. The molecular weight excluding hydrogens is 490 g/mol. The second-order valence-corrected chi connectivity index (χ2v) is 12.0. The molecule has 0 aliphatic carbocycles. The molecule has 39 heavy (non-hydrogen) atoms. The zero-order chi connectivity index (χ0) is 29.0. The molecule has 7 nitrogen and oxygen atoms in total. The summed E-state index contributed by atoms with van der Waals surface area (Å²) in [6.45, 7) is 13.1. The first-order valence-corrected chi connectivity index (χ1v) is 14.1. The van der Waals surface area contributed by atoms with Crippen LogP contribution in [0.2, 0.25) is 0 Å². The Hall–Kier alpha value is -2.90. The molecule has 2 rings (SSSR count). The molecule has 0 aliphatic heterocycles. The van der Waals surface area contributed by atoms with E-state index in [9.17, 15) is 14.7 Å². The summed E-state index contributed by atoms with van der Waals surface area (Å²) in [4.78, 5) is 29.0. The number of amides is 2. The zero-order valence-corrected chi connectivity index (χ0v) is 24.9. The van der Waals surface area contributed by atoms with Gasteiger partial charge in [0.25, 0.3) is 0 Å². The Kier molecular flexibility index (Phi) is 13.0. The van der Waals surface area contributed by atoms with Gasteiger partial charge in [-0.05, 0) is 75.4 Å². The highest BCUT2D eigenvalue weighted by Gasteiger charge is 2.31. The van der Waals surface area contributed by atoms with E-state index in [-0.39, 0.29) is 24.5 Å². The number of carbonyl (C=O) groups is 2. The van der Waals surface area contributed by atoms with Gasteiger partial charge in [0, 0.05) is 6.42 Å². The van der Waals surface area contributed by atoms with Gasteiger partial charge in [-0.1, -0.05) is 70.2 Å². The number of ether oxygens (including phenoxy) is 1. The Bertz CT molecular complexity index is 1010. The van der Waals surface area contributed by atoms with Crippen LogP contribution in [0.1, 0.15) is 65.5 Å². The summed E-state index contributed by atoms with van der Waals surface area (Å²) in [5, 5.41) is 15.6. The maximum absolute atomic E-state index is 13.6. The number of hydrogen-bond donors (Lipinski definition) is 3. The van der Waals surface area contributed by atoms with E-state index in [1.54, 1.807) is 13.8 Å². The molecule has 2 atom stereocenters. The Balaban J connectivity index is 2.17. The van der Waals surface area contributed by atoms with E-state index < -0.39 is 11.6 Å². The van der Waals surface area contributed by atoms with E-state index in [4.69, 9.17) is 4.74 Å². The number of nitrogens with one attached hydrogen (secondary N) is 2. The third kappa shape index (κ3) is 11.8. The maximum Gasteiger partial charge on any atom is 0.243 e. The van der Waals surface area contributed by atoms with Crippen molar-refractivity contribution >= 4 is 11.8 Å². The molecule has 0 unspecified atom stereocenters. The van der Waals surface area contributed by atoms with Crippen LogP contribution in [0.25, 0.3) is 0 Å². The predicted molar refractivity (Wildman–Crippen MR) is 157 cm³/mol. The van der Waals surface area contributed by atoms with Crippen LogP contribution in [0.4, 0.5) is 0 Å². The molecule has 216 valence electrons. The first kappa shape index (κ1) is 32.3. The molecule has 0 spiro atoms. The van der Waals surface area contributed by atoms with Gasteiger partial charge in [0.2, 0.25) is 11.8 Å². The number of carbonyl (C=O) groups excluding carboxylic acids is 2. The number of aliphatic hydroxyl groups is 1. The molecule has 0 radical (unpaired) electrons. The second kappa shape index (κ2) is 15.6. The number of rotatable bonds is 16. The molecule has 3 N–H and O–H groups in total. The molecule has 0 aromatic heterocycles. The Morgan fingerprint density at radius 2 is 1.56 bits per heavy atom. The zero-order valence-electron chi connectivity index (χ0n) is 24.9. The number of nitrogens with zero attached hydrogens (tertiary/aromatic N) is 1. The number of benzene rings is 2. The van der Waals surface area contributed by atoms with Gasteiger partial charge in [0.15, 0.2) is 0 Å². The molecule has 7 heteroatoms. The lowest BCUT2D eigenvalue weighted by atomic mass is 9.99. The van der Waals surface area contributed by atoms with Crippen molar-refractivity contribution in [3.8, 4) is 5.75 Å². The smallest absolute Gasteiger partial charge is 0.243 e. The highest BCUT2D eigenvalue weighted by Crippen LogP contribution is 2.17. The van der Waals surface area contributed by atoms with Crippen LogP contribution in [0, 0.1) is 11.8 Å². The van der Waals surface area contributed by atoms with Crippen molar-refractivity contribution in [3.63, 3.8) is 0 Å². The van der Waals surface area contributed by atoms with Crippen LogP contribution < -0.4 is 15.4 Å². The average Bonchev–Trinajstić information content (AvgIpc) is 2.89. The lowest BCUT2D eigenvalue weighted by Crippen LogP contribution is -2.58. The fourth-order valence-corrected chi connectivity index (χ4v) is 4.19. The summed E-state index contributed by atoms with van der Waals surface area (Å²) >= 11 is 0. The van der Waals surface area contributed by atoms with Gasteiger partial charge in [-0.3, -0.25) is 14.5 Å². The summed E-state index contributed by atoms with van der Waals surface area (Å²) in [5.41, 5.74) is 1.18. The van der Waals surface area contributed by atoms with Gasteiger partial charge in [-0.2, -0.15) is 0 Å². The fraction of sp³-hybridized carbons (Fsp3) is 0.562. The van der Waals surface area contributed by atoms with Crippen LogP contribution >= 0.6 is 0 Å². The average molecular weight is 540 g/mol. The Morgan fingerprint density at radius 3 is 2.13 bits per heavy atom. The first-order chi connectivity index (χ1) is 18.4. The molecule has 2 amide bonds. The first-order valence-electron chi connectivity index (χ1n) is 14.1. The summed E-state index contributed by atoms with van der Waals surface area (Å²) in [6.07, 6.45) is 2.01. The monoisotopic (exact) mass is 539 g/mol. The molecular formula is C32H49N3O4. The van der Waals surface area contributed by atoms with E-state index in [0.29, 0.717) is 31.3 Å². The standard InChI is InChI=1S/C32H49N3O4/c1-23(2)17-18-35(7)29(19-24(3)4)31(38)33-28(30(37)34-32(5,6)22-36)20-25-13-15-27(16-14-25)39-21-26-11-9-8-10-12-26/h8-16,23-24,28-29,36H,17-22H2,1-7H3,(H,33,38)(H,34,37)/t28-,29+/m0/s1. The van der Waals surface area contributed by atoms with Crippen molar-refractivity contribution in [1.29, 1.82) is 0 Å². The molecule has 0 aliphatic rings. The fourth-order valence-electron chi connectivity index (χ4n) is 4.19. The Morgan fingerprint density at radius 1 is 0.923 bits per heavy atom. The third-order valence-corrected chi connectivity index (χ3v) is 6.69. The molecule has 0 heterocycles. The van der Waals surface area contributed by atoms with Gasteiger partial charge in [0.1, 0.15) is 18.4 Å². The minimum atomic E-state index is -0.805. The molecule has 0 fully saturated rings. The molecule has 0 saturated heterocycles. The summed E-state index contributed by atoms with van der Waals surface area (Å²) < 4.78 is 5.90. The van der Waals surface area contributed by atoms with E-state index >= 15 is 0 Å². The third-order valence-electron chi connectivity index (χ3n) is 6.69. The van der Waals surface area contributed by atoms with Gasteiger partial charge in [0.05, 0.1) is 18.2 Å². The summed E-state index contributed by atoms with van der Waals surface area (Å²) in [7, 11) is 1.98. The molecule has 2 aromatic carbocycles. The Labute approximate surface area is 235 Å². The normalized spacial score (nSPS) is 13.4. The lowest BCUT2D eigenvalue weighted by Gasteiger charge is -2.32. The topological polar surface area (TPSA) is 90.9 Å². The number of aliphatic hydroxyl groups excluding tert-OH is 1.